The van der Waals surface area contributed by atoms with Gasteiger partial charge < -0.3 is 11.1 Å². The van der Waals surface area contributed by atoms with Crippen molar-refractivity contribution < 1.29 is 4.79 Å². The second-order valence-electron chi connectivity index (χ2n) is 5.43. The molecule has 2 rings (SSSR count). The number of nitrogens with two attached hydrogens (primary N) is 1. The summed E-state index contributed by atoms with van der Waals surface area (Å²) in [4.78, 5) is 13.0. The topological polar surface area (TPSA) is 55.1 Å². The predicted molar refractivity (Wildman–Crippen MR) is 85.7 cm³/mol. The molecule has 0 bridgehead atoms. The first-order valence-corrected chi connectivity index (χ1v) is 7.69. The summed E-state index contributed by atoms with van der Waals surface area (Å²) in [7, 11) is 0. The van der Waals surface area contributed by atoms with Crippen LogP contribution in [0.4, 0.5) is 0 Å². The van der Waals surface area contributed by atoms with E-state index in [0.29, 0.717) is 11.4 Å². The number of carbonyl (C=O) groups is 1. The van der Waals surface area contributed by atoms with Crippen molar-refractivity contribution in [1.29, 1.82) is 0 Å². The summed E-state index contributed by atoms with van der Waals surface area (Å²) in [5, 5.41) is 3.10. The van der Waals surface area contributed by atoms with E-state index in [4.69, 9.17) is 18.0 Å². The average molecular weight is 290 g/mol. The number of hydrogen-bond acceptors (Lipinski definition) is 2. The highest BCUT2D eigenvalue weighted by atomic mass is 32.1. The van der Waals surface area contributed by atoms with E-state index in [1.54, 1.807) is 0 Å². The molecule has 4 heteroatoms. The molecule has 0 fully saturated rings. The molecule has 3 nitrogen and oxygen atoms in total. The van der Waals surface area contributed by atoms with E-state index in [2.05, 4.69) is 17.4 Å². The highest BCUT2D eigenvalue weighted by Crippen LogP contribution is 2.31. The maximum absolute atomic E-state index is 12.5. The standard InChI is InChI=1S/C16H22N2OS/c1-2-12(10-15(17)20)18-16(19)14-9-5-7-11-6-3-4-8-13(11)14/h3-4,6,8,12,14H,2,5,7,9-10H2,1H3,(H2,17,20)(H,18,19). The van der Waals surface area contributed by atoms with Crippen molar-refractivity contribution in [3.8, 4) is 0 Å². The van der Waals surface area contributed by atoms with Gasteiger partial charge in [0.15, 0.2) is 0 Å². The number of hydrogen-bond donors (Lipinski definition) is 2. The number of amides is 1. The normalized spacial score (nSPS) is 18.9. The monoisotopic (exact) mass is 290 g/mol. The molecule has 0 saturated heterocycles. The van der Waals surface area contributed by atoms with Crippen LogP contribution in [0, 0.1) is 0 Å². The maximum Gasteiger partial charge on any atom is 0.227 e. The summed E-state index contributed by atoms with van der Waals surface area (Å²) in [6, 6.07) is 8.31. The van der Waals surface area contributed by atoms with E-state index < -0.39 is 0 Å². The van der Waals surface area contributed by atoms with Gasteiger partial charge in [0.2, 0.25) is 5.91 Å². The van der Waals surface area contributed by atoms with Crippen LogP contribution < -0.4 is 11.1 Å². The number of carbonyl (C=O) groups excluding carboxylic acids is 1. The molecule has 0 heterocycles. The molecule has 108 valence electrons. The summed E-state index contributed by atoms with van der Waals surface area (Å²) in [5.74, 6) is 0.0839. The lowest BCUT2D eigenvalue weighted by Gasteiger charge is -2.26. The van der Waals surface area contributed by atoms with Gasteiger partial charge in [-0.2, -0.15) is 0 Å². The molecule has 0 aliphatic heterocycles. The minimum atomic E-state index is -0.0275. The van der Waals surface area contributed by atoms with Crippen LogP contribution in [0.2, 0.25) is 0 Å². The van der Waals surface area contributed by atoms with Crippen molar-refractivity contribution >= 4 is 23.1 Å². The zero-order valence-electron chi connectivity index (χ0n) is 11.9. The third-order valence-electron chi connectivity index (χ3n) is 3.97. The molecule has 0 saturated carbocycles. The van der Waals surface area contributed by atoms with Crippen LogP contribution in [-0.2, 0) is 11.2 Å². The van der Waals surface area contributed by atoms with Crippen LogP contribution in [0.1, 0.15) is 49.7 Å². The van der Waals surface area contributed by atoms with Crippen molar-refractivity contribution in [3.63, 3.8) is 0 Å². The first kappa shape index (κ1) is 15.0. The second kappa shape index (κ2) is 6.84. The molecule has 1 amide bonds. The Balaban J connectivity index is 2.08. The molecule has 2 unspecified atom stereocenters. The zero-order valence-corrected chi connectivity index (χ0v) is 12.7. The Kier molecular flexibility index (Phi) is 5.12. The summed E-state index contributed by atoms with van der Waals surface area (Å²) in [6.45, 7) is 2.04. The number of rotatable bonds is 5. The number of fused-ring (bicyclic) bond motifs is 1. The van der Waals surface area contributed by atoms with Crippen molar-refractivity contribution in [3.05, 3.63) is 35.4 Å². The third kappa shape index (κ3) is 3.57. The summed E-state index contributed by atoms with van der Waals surface area (Å²) in [5.41, 5.74) is 8.07. The van der Waals surface area contributed by atoms with Gasteiger partial charge >= 0.3 is 0 Å². The molecule has 1 aliphatic carbocycles. The third-order valence-corrected chi connectivity index (χ3v) is 4.14. The molecule has 3 N–H and O–H groups in total. The van der Waals surface area contributed by atoms with Gasteiger partial charge in [-0.1, -0.05) is 43.4 Å². The molecule has 1 aliphatic rings. The van der Waals surface area contributed by atoms with Gasteiger partial charge in [-0.3, -0.25) is 4.79 Å². The molecule has 0 spiro atoms. The Bertz CT molecular complexity index is 501. The van der Waals surface area contributed by atoms with Crippen molar-refractivity contribution in [2.24, 2.45) is 5.73 Å². The molecular weight excluding hydrogens is 268 g/mol. The van der Waals surface area contributed by atoms with Crippen LogP contribution in [-0.4, -0.2) is 16.9 Å². The lowest BCUT2D eigenvalue weighted by atomic mass is 9.82. The van der Waals surface area contributed by atoms with Crippen LogP contribution in [0.15, 0.2) is 24.3 Å². The Morgan fingerprint density at radius 2 is 2.25 bits per heavy atom. The number of thiocarbonyl (C=S) groups is 1. The van der Waals surface area contributed by atoms with Crippen molar-refractivity contribution in [1.82, 2.24) is 5.32 Å². The highest BCUT2D eigenvalue weighted by Gasteiger charge is 2.27. The number of nitrogens with one attached hydrogen (secondary N) is 1. The van der Waals surface area contributed by atoms with Gasteiger partial charge in [0.25, 0.3) is 0 Å². The van der Waals surface area contributed by atoms with Gasteiger partial charge in [0.05, 0.1) is 10.9 Å². The molecule has 1 aromatic carbocycles. The first-order chi connectivity index (χ1) is 9.61. The van der Waals surface area contributed by atoms with E-state index in [-0.39, 0.29) is 17.9 Å². The highest BCUT2D eigenvalue weighted by molar-refractivity contribution is 7.80. The van der Waals surface area contributed by atoms with Gasteiger partial charge in [0, 0.05) is 12.5 Å². The Morgan fingerprint density at radius 1 is 1.50 bits per heavy atom. The first-order valence-electron chi connectivity index (χ1n) is 7.28. The van der Waals surface area contributed by atoms with Gasteiger partial charge in [-0.25, -0.2) is 0 Å². The fourth-order valence-corrected chi connectivity index (χ4v) is 3.07. The van der Waals surface area contributed by atoms with Crippen LogP contribution >= 0.6 is 12.2 Å². The van der Waals surface area contributed by atoms with Crippen LogP contribution in [0.3, 0.4) is 0 Å². The van der Waals surface area contributed by atoms with E-state index >= 15 is 0 Å². The summed E-state index contributed by atoms with van der Waals surface area (Å²) in [6.07, 6.45) is 4.49. The van der Waals surface area contributed by atoms with Gasteiger partial charge in [0.1, 0.15) is 0 Å². The van der Waals surface area contributed by atoms with Crippen LogP contribution in [0.25, 0.3) is 0 Å². The molecule has 0 radical (unpaired) electrons. The lowest BCUT2D eigenvalue weighted by molar-refractivity contribution is -0.123. The molecular formula is C16H22N2OS. The van der Waals surface area contributed by atoms with Crippen molar-refractivity contribution in [2.75, 3.05) is 0 Å². The molecule has 1 aromatic rings. The van der Waals surface area contributed by atoms with E-state index in [0.717, 1.165) is 25.7 Å². The Hall–Kier alpha value is -1.42. The SMILES string of the molecule is CCC(CC(N)=S)NC(=O)C1CCCc2ccccc21. The summed E-state index contributed by atoms with van der Waals surface area (Å²) >= 11 is 4.94. The quantitative estimate of drug-likeness (QED) is 0.820. The van der Waals surface area contributed by atoms with E-state index in [1.807, 2.05) is 19.1 Å². The summed E-state index contributed by atoms with van der Waals surface area (Å²) < 4.78 is 0. The molecule has 20 heavy (non-hydrogen) atoms. The van der Waals surface area contributed by atoms with Gasteiger partial charge in [-0.05, 0) is 36.8 Å². The fourth-order valence-electron chi connectivity index (χ4n) is 2.87. The largest absolute Gasteiger partial charge is 0.393 e. The minimum absolute atomic E-state index is 0.0275. The smallest absolute Gasteiger partial charge is 0.227 e. The Morgan fingerprint density at radius 3 is 2.95 bits per heavy atom. The molecule has 0 aromatic heterocycles. The predicted octanol–water partition coefficient (Wildman–Crippen LogP) is 2.68. The Labute approximate surface area is 125 Å². The van der Waals surface area contributed by atoms with E-state index in [9.17, 15) is 4.79 Å². The second-order valence-corrected chi connectivity index (χ2v) is 5.95. The average Bonchev–Trinajstić information content (AvgIpc) is 2.45. The van der Waals surface area contributed by atoms with Gasteiger partial charge in [-0.15, -0.1) is 0 Å². The molecule has 2 atom stereocenters. The zero-order chi connectivity index (χ0) is 14.5. The minimum Gasteiger partial charge on any atom is -0.393 e. The number of aryl methyl sites for hydroxylation is 1. The lowest BCUT2D eigenvalue weighted by Crippen LogP contribution is -2.40. The van der Waals surface area contributed by atoms with Crippen LogP contribution in [0.5, 0.6) is 0 Å². The fraction of sp³-hybridized carbons (Fsp3) is 0.500. The maximum atomic E-state index is 12.5. The van der Waals surface area contributed by atoms with Crippen molar-refractivity contribution in [2.45, 2.75) is 51.0 Å². The number of benzene rings is 1. The van der Waals surface area contributed by atoms with E-state index in [1.165, 1.54) is 11.1 Å².